The Balaban J connectivity index is 2.28. The number of ether oxygens (including phenoxy) is 1. The fourth-order valence-electron chi connectivity index (χ4n) is 1.46. The second kappa shape index (κ2) is 5.58. The van der Waals surface area contributed by atoms with Crippen LogP contribution in [0.4, 0.5) is 0 Å². The van der Waals surface area contributed by atoms with Crippen LogP contribution in [0.2, 0.25) is 5.02 Å². The van der Waals surface area contributed by atoms with Crippen molar-refractivity contribution >= 4 is 23.4 Å². The van der Waals surface area contributed by atoms with Crippen LogP contribution in [0.5, 0.6) is 11.6 Å². The number of carbonyl (C=O) groups is 2. The fourth-order valence-corrected chi connectivity index (χ4v) is 1.66. The predicted octanol–water partition coefficient (Wildman–Crippen LogP) is 1.73. The highest BCUT2D eigenvalue weighted by Gasteiger charge is 2.10. The summed E-state index contributed by atoms with van der Waals surface area (Å²) in [5.41, 5.74) is 10.8. The first kappa shape index (κ1) is 13.8. The molecule has 7 heteroatoms. The van der Waals surface area contributed by atoms with E-state index in [4.69, 9.17) is 27.8 Å². The van der Waals surface area contributed by atoms with Gasteiger partial charge in [-0.2, -0.15) is 0 Å². The van der Waals surface area contributed by atoms with Crippen LogP contribution in [0.25, 0.3) is 0 Å². The van der Waals surface area contributed by atoms with Crippen LogP contribution in [-0.2, 0) is 0 Å². The maximum atomic E-state index is 11.1. The van der Waals surface area contributed by atoms with Crippen LogP contribution in [0.15, 0.2) is 36.5 Å². The van der Waals surface area contributed by atoms with Gasteiger partial charge in [0.1, 0.15) is 10.8 Å². The number of amides is 2. The van der Waals surface area contributed by atoms with E-state index in [2.05, 4.69) is 4.98 Å². The lowest BCUT2D eigenvalue weighted by atomic mass is 10.2. The van der Waals surface area contributed by atoms with Gasteiger partial charge in [-0.15, -0.1) is 0 Å². The molecular formula is C13H10ClN3O3. The minimum atomic E-state index is -0.637. The number of benzene rings is 1. The van der Waals surface area contributed by atoms with Crippen molar-refractivity contribution in [1.29, 1.82) is 0 Å². The quantitative estimate of drug-likeness (QED) is 0.894. The molecule has 0 bridgehead atoms. The van der Waals surface area contributed by atoms with Crippen molar-refractivity contribution in [2.24, 2.45) is 11.5 Å². The number of pyridine rings is 1. The molecule has 2 aromatic rings. The summed E-state index contributed by atoms with van der Waals surface area (Å²) in [6, 6.07) is 7.60. The number of primary amides is 2. The lowest BCUT2D eigenvalue weighted by Gasteiger charge is -2.07. The van der Waals surface area contributed by atoms with Crippen molar-refractivity contribution < 1.29 is 14.3 Å². The fraction of sp³-hybridized carbons (Fsp3) is 0. The van der Waals surface area contributed by atoms with E-state index in [9.17, 15) is 9.59 Å². The van der Waals surface area contributed by atoms with E-state index in [1.54, 1.807) is 18.2 Å². The molecule has 1 heterocycles. The molecule has 0 unspecified atom stereocenters. The van der Waals surface area contributed by atoms with Gasteiger partial charge < -0.3 is 16.2 Å². The Bertz CT molecular complexity index is 688. The topological polar surface area (TPSA) is 108 Å². The summed E-state index contributed by atoms with van der Waals surface area (Å²) in [5, 5.41) is 0.130. The number of halogens is 1. The highest BCUT2D eigenvalue weighted by Crippen LogP contribution is 2.27. The van der Waals surface area contributed by atoms with Gasteiger partial charge in [-0.3, -0.25) is 9.59 Å². The first-order valence-electron chi connectivity index (χ1n) is 5.50. The Morgan fingerprint density at radius 2 is 1.80 bits per heavy atom. The smallest absolute Gasteiger partial charge is 0.250 e. The van der Waals surface area contributed by atoms with Gasteiger partial charge in [0.15, 0.2) is 0 Å². The van der Waals surface area contributed by atoms with Crippen molar-refractivity contribution in [3.05, 3.63) is 52.7 Å². The molecule has 0 spiro atoms. The van der Waals surface area contributed by atoms with Gasteiger partial charge in [0.05, 0.1) is 5.56 Å². The number of aromatic nitrogens is 1. The molecule has 20 heavy (non-hydrogen) atoms. The minimum absolute atomic E-state index is 0.0956. The van der Waals surface area contributed by atoms with Crippen LogP contribution >= 0.6 is 11.6 Å². The van der Waals surface area contributed by atoms with Crippen LogP contribution < -0.4 is 16.2 Å². The van der Waals surface area contributed by atoms with Crippen molar-refractivity contribution in [3.63, 3.8) is 0 Å². The number of nitrogens with two attached hydrogens (primary N) is 2. The third-order valence-corrected chi connectivity index (χ3v) is 2.70. The minimum Gasteiger partial charge on any atom is -0.438 e. The molecule has 0 radical (unpaired) electrons. The van der Waals surface area contributed by atoms with E-state index >= 15 is 0 Å². The first-order valence-corrected chi connectivity index (χ1v) is 5.88. The van der Waals surface area contributed by atoms with Crippen molar-refractivity contribution in [2.75, 3.05) is 0 Å². The molecule has 0 fully saturated rings. The van der Waals surface area contributed by atoms with Crippen LogP contribution in [-0.4, -0.2) is 16.8 Å². The maximum absolute atomic E-state index is 11.1. The molecular weight excluding hydrogens is 282 g/mol. The third kappa shape index (κ3) is 3.04. The zero-order chi connectivity index (χ0) is 14.7. The van der Waals surface area contributed by atoms with Gasteiger partial charge in [0, 0.05) is 11.8 Å². The lowest BCUT2D eigenvalue weighted by molar-refractivity contribution is 0.0991. The molecule has 0 aliphatic heterocycles. The number of hydrogen-bond acceptors (Lipinski definition) is 4. The first-order chi connectivity index (χ1) is 9.47. The molecule has 4 N–H and O–H groups in total. The summed E-state index contributed by atoms with van der Waals surface area (Å²) in [4.78, 5) is 25.9. The standard InChI is InChI=1S/C13H10ClN3O3/c14-10-5-8(12(16)19)6-17-13(10)20-9-3-1-2-7(4-9)11(15)18/h1-6H,(H2,15,18)(H2,16,19). The van der Waals surface area contributed by atoms with E-state index in [0.29, 0.717) is 11.3 Å². The molecule has 1 aromatic carbocycles. The van der Waals surface area contributed by atoms with Crippen molar-refractivity contribution in [2.45, 2.75) is 0 Å². The Labute approximate surface area is 119 Å². The molecule has 0 saturated carbocycles. The second-order valence-corrected chi connectivity index (χ2v) is 4.28. The largest absolute Gasteiger partial charge is 0.438 e. The number of nitrogens with zero attached hydrogens (tertiary/aromatic N) is 1. The van der Waals surface area contributed by atoms with Crippen LogP contribution in [0, 0.1) is 0 Å². The van der Waals surface area contributed by atoms with E-state index in [1.807, 2.05) is 0 Å². The molecule has 1 aromatic heterocycles. The summed E-state index contributed by atoms with van der Waals surface area (Å²) >= 11 is 5.94. The molecule has 0 saturated heterocycles. The molecule has 0 atom stereocenters. The number of rotatable bonds is 4. The van der Waals surface area contributed by atoms with Crippen LogP contribution in [0.1, 0.15) is 20.7 Å². The van der Waals surface area contributed by atoms with Crippen LogP contribution in [0.3, 0.4) is 0 Å². The van der Waals surface area contributed by atoms with Crippen molar-refractivity contribution in [3.8, 4) is 11.6 Å². The zero-order valence-corrected chi connectivity index (χ0v) is 10.9. The van der Waals surface area contributed by atoms with E-state index in [-0.39, 0.29) is 16.5 Å². The summed E-state index contributed by atoms with van der Waals surface area (Å²) in [6.07, 6.45) is 1.25. The predicted molar refractivity (Wildman–Crippen MR) is 72.8 cm³/mol. The SMILES string of the molecule is NC(=O)c1cccc(Oc2ncc(C(N)=O)cc2Cl)c1. The van der Waals surface area contributed by atoms with Gasteiger partial charge in [-0.25, -0.2) is 4.98 Å². The highest BCUT2D eigenvalue weighted by molar-refractivity contribution is 6.32. The van der Waals surface area contributed by atoms with E-state index < -0.39 is 11.8 Å². The Morgan fingerprint density at radius 3 is 2.40 bits per heavy atom. The Kier molecular flexibility index (Phi) is 3.86. The molecule has 2 rings (SSSR count). The van der Waals surface area contributed by atoms with Crippen molar-refractivity contribution in [1.82, 2.24) is 4.98 Å². The molecule has 6 nitrogen and oxygen atoms in total. The van der Waals surface area contributed by atoms with E-state index in [1.165, 1.54) is 18.3 Å². The molecule has 0 aliphatic rings. The normalized spacial score (nSPS) is 10.1. The maximum Gasteiger partial charge on any atom is 0.250 e. The number of carbonyl (C=O) groups excluding carboxylic acids is 2. The average molecular weight is 292 g/mol. The zero-order valence-electron chi connectivity index (χ0n) is 10.2. The summed E-state index contributed by atoms with van der Waals surface area (Å²) in [6.45, 7) is 0. The third-order valence-electron chi connectivity index (χ3n) is 2.43. The monoisotopic (exact) mass is 291 g/mol. The van der Waals surface area contributed by atoms with Gasteiger partial charge in [0.25, 0.3) is 0 Å². The lowest BCUT2D eigenvalue weighted by Crippen LogP contribution is -2.11. The summed E-state index contributed by atoms with van der Waals surface area (Å²) < 4.78 is 5.43. The molecule has 0 aliphatic carbocycles. The van der Waals surface area contributed by atoms with Gasteiger partial charge in [-0.1, -0.05) is 17.7 Å². The highest BCUT2D eigenvalue weighted by atomic mass is 35.5. The Morgan fingerprint density at radius 1 is 1.10 bits per heavy atom. The molecule has 2 amide bonds. The number of hydrogen-bond donors (Lipinski definition) is 2. The second-order valence-electron chi connectivity index (χ2n) is 3.87. The summed E-state index contributed by atoms with van der Waals surface area (Å²) in [7, 11) is 0. The van der Waals surface area contributed by atoms with Gasteiger partial charge >= 0.3 is 0 Å². The molecule has 102 valence electrons. The van der Waals surface area contributed by atoms with E-state index in [0.717, 1.165) is 0 Å². The summed E-state index contributed by atoms with van der Waals surface area (Å²) in [5.74, 6) is -0.763. The van der Waals surface area contributed by atoms with Gasteiger partial charge in [0.2, 0.25) is 17.7 Å². The van der Waals surface area contributed by atoms with Gasteiger partial charge in [-0.05, 0) is 24.3 Å². The Hall–Kier alpha value is -2.60. The average Bonchev–Trinajstić information content (AvgIpc) is 2.41.